The maximum atomic E-state index is 10.9. The molecule has 1 aromatic heterocycles. The van der Waals surface area contributed by atoms with E-state index in [1.54, 1.807) is 6.92 Å². The number of aliphatic carboxylic acids is 1. The quantitative estimate of drug-likeness (QED) is 0.622. The van der Waals surface area contributed by atoms with Crippen LogP contribution in [-0.4, -0.2) is 21.0 Å². The molecule has 0 saturated heterocycles. The number of carboxylic acids is 1. The van der Waals surface area contributed by atoms with E-state index in [1.165, 1.54) is 19.1 Å². The molecule has 0 aliphatic heterocycles. The summed E-state index contributed by atoms with van der Waals surface area (Å²) in [6.07, 6.45) is 0.402. The molecule has 0 saturated carbocycles. The standard InChI is InChI=1S/C10H12N2O4/c1-3-7(10(13)14)8-4-5-9(12(15)16)6(2)11-8/h4-5,7H,3H2,1-2H3,(H,13,14). The maximum absolute atomic E-state index is 10.9. The first-order valence-corrected chi connectivity index (χ1v) is 4.82. The molecule has 1 heterocycles. The van der Waals surface area contributed by atoms with Crippen molar-refractivity contribution in [2.45, 2.75) is 26.2 Å². The van der Waals surface area contributed by atoms with E-state index in [4.69, 9.17) is 5.11 Å². The number of hydrogen-bond acceptors (Lipinski definition) is 4. The molecule has 1 N–H and O–H groups in total. The Hall–Kier alpha value is -1.98. The van der Waals surface area contributed by atoms with Crippen LogP contribution in [0.15, 0.2) is 12.1 Å². The number of nitro groups is 1. The number of carbonyl (C=O) groups is 1. The van der Waals surface area contributed by atoms with Gasteiger partial charge in [0, 0.05) is 6.07 Å². The van der Waals surface area contributed by atoms with Crippen molar-refractivity contribution in [1.29, 1.82) is 0 Å². The molecule has 1 atom stereocenters. The van der Waals surface area contributed by atoms with E-state index in [0.29, 0.717) is 12.1 Å². The van der Waals surface area contributed by atoms with Crippen molar-refractivity contribution in [3.8, 4) is 0 Å². The summed E-state index contributed by atoms with van der Waals surface area (Å²) >= 11 is 0. The van der Waals surface area contributed by atoms with E-state index >= 15 is 0 Å². The topological polar surface area (TPSA) is 93.3 Å². The molecular weight excluding hydrogens is 212 g/mol. The third-order valence-electron chi connectivity index (χ3n) is 2.34. The third-order valence-corrected chi connectivity index (χ3v) is 2.34. The van der Waals surface area contributed by atoms with E-state index in [1.807, 2.05) is 0 Å². The second-order valence-corrected chi connectivity index (χ2v) is 3.40. The monoisotopic (exact) mass is 224 g/mol. The fourth-order valence-electron chi connectivity index (χ4n) is 1.47. The molecule has 6 nitrogen and oxygen atoms in total. The zero-order valence-corrected chi connectivity index (χ0v) is 9.01. The van der Waals surface area contributed by atoms with Gasteiger partial charge in [-0.2, -0.15) is 0 Å². The lowest BCUT2D eigenvalue weighted by Gasteiger charge is -2.09. The van der Waals surface area contributed by atoms with Gasteiger partial charge in [-0.1, -0.05) is 6.92 Å². The number of pyridine rings is 1. The van der Waals surface area contributed by atoms with Gasteiger partial charge < -0.3 is 5.11 Å². The molecule has 0 fully saturated rings. The van der Waals surface area contributed by atoms with Gasteiger partial charge in [0.2, 0.25) is 0 Å². The number of carboxylic acid groups (broad SMARTS) is 1. The molecule has 86 valence electrons. The van der Waals surface area contributed by atoms with Crippen LogP contribution in [0.4, 0.5) is 5.69 Å². The van der Waals surface area contributed by atoms with Gasteiger partial charge in [0.25, 0.3) is 5.69 Å². The van der Waals surface area contributed by atoms with E-state index in [9.17, 15) is 14.9 Å². The predicted octanol–water partition coefficient (Wildman–Crippen LogP) is 1.88. The molecule has 0 aromatic carbocycles. The Morgan fingerprint density at radius 3 is 2.62 bits per heavy atom. The summed E-state index contributed by atoms with van der Waals surface area (Å²) in [5, 5.41) is 19.5. The molecule has 1 unspecified atom stereocenters. The van der Waals surface area contributed by atoms with Crippen molar-refractivity contribution < 1.29 is 14.8 Å². The maximum Gasteiger partial charge on any atom is 0.312 e. The van der Waals surface area contributed by atoms with Crippen molar-refractivity contribution in [2.75, 3.05) is 0 Å². The summed E-state index contributed by atoms with van der Waals surface area (Å²) in [6.45, 7) is 3.23. The molecular formula is C10H12N2O4. The third kappa shape index (κ3) is 2.33. The summed E-state index contributed by atoms with van der Waals surface area (Å²) < 4.78 is 0. The Morgan fingerprint density at radius 1 is 1.62 bits per heavy atom. The molecule has 0 radical (unpaired) electrons. The van der Waals surface area contributed by atoms with Gasteiger partial charge in [-0.05, 0) is 19.4 Å². The Bertz CT molecular complexity index is 431. The molecule has 0 spiro atoms. The number of aromatic nitrogens is 1. The van der Waals surface area contributed by atoms with Gasteiger partial charge in [0.1, 0.15) is 5.69 Å². The lowest BCUT2D eigenvalue weighted by atomic mass is 10.0. The zero-order chi connectivity index (χ0) is 12.3. The van der Waals surface area contributed by atoms with Crippen LogP contribution in [-0.2, 0) is 4.79 Å². The van der Waals surface area contributed by atoms with Gasteiger partial charge in [-0.25, -0.2) is 0 Å². The van der Waals surface area contributed by atoms with Crippen LogP contribution in [0, 0.1) is 17.0 Å². The normalized spacial score (nSPS) is 12.1. The second-order valence-electron chi connectivity index (χ2n) is 3.40. The Kier molecular flexibility index (Phi) is 3.55. The average Bonchev–Trinajstić information content (AvgIpc) is 2.17. The van der Waals surface area contributed by atoms with Gasteiger partial charge in [0.15, 0.2) is 0 Å². The fourth-order valence-corrected chi connectivity index (χ4v) is 1.47. The van der Waals surface area contributed by atoms with Crippen LogP contribution in [0.3, 0.4) is 0 Å². The predicted molar refractivity (Wildman–Crippen MR) is 56.3 cm³/mol. The second kappa shape index (κ2) is 4.69. The van der Waals surface area contributed by atoms with E-state index in [2.05, 4.69) is 4.98 Å². The molecule has 1 aromatic rings. The van der Waals surface area contributed by atoms with Crippen molar-refractivity contribution in [2.24, 2.45) is 0 Å². The molecule has 0 amide bonds. The SMILES string of the molecule is CCC(C(=O)O)c1ccc([N+](=O)[O-])c(C)n1. The van der Waals surface area contributed by atoms with Crippen LogP contribution in [0.5, 0.6) is 0 Å². The minimum atomic E-state index is -0.969. The van der Waals surface area contributed by atoms with Crippen LogP contribution in [0.1, 0.15) is 30.7 Å². The minimum absolute atomic E-state index is 0.0935. The summed E-state index contributed by atoms with van der Waals surface area (Å²) in [7, 11) is 0. The highest BCUT2D eigenvalue weighted by Gasteiger charge is 2.21. The van der Waals surface area contributed by atoms with Crippen LogP contribution < -0.4 is 0 Å². The zero-order valence-electron chi connectivity index (χ0n) is 9.01. The number of aryl methyl sites for hydroxylation is 1. The van der Waals surface area contributed by atoms with Gasteiger partial charge >= 0.3 is 5.97 Å². The Labute approximate surface area is 92.1 Å². The van der Waals surface area contributed by atoms with Crippen molar-refractivity contribution in [3.63, 3.8) is 0 Å². The van der Waals surface area contributed by atoms with Crippen LogP contribution in [0.25, 0.3) is 0 Å². The minimum Gasteiger partial charge on any atom is -0.481 e. The molecule has 1 rings (SSSR count). The number of hydrogen-bond donors (Lipinski definition) is 1. The number of rotatable bonds is 4. The molecule has 16 heavy (non-hydrogen) atoms. The summed E-state index contributed by atoms with van der Waals surface area (Å²) in [5.41, 5.74) is 0.504. The van der Waals surface area contributed by atoms with Gasteiger partial charge in [-0.3, -0.25) is 19.9 Å². The molecule has 0 aliphatic rings. The lowest BCUT2D eigenvalue weighted by molar-refractivity contribution is -0.385. The number of nitrogens with zero attached hydrogens (tertiary/aromatic N) is 2. The molecule has 0 bridgehead atoms. The van der Waals surface area contributed by atoms with Crippen molar-refractivity contribution >= 4 is 11.7 Å². The highest BCUT2D eigenvalue weighted by Crippen LogP contribution is 2.22. The van der Waals surface area contributed by atoms with Gasteiger partial charge in [-0.15, -0.1) is 0 Å². The highest BCUT2D eigenvalue weighted by molar-refractivity contribution is 5.75. The Balaban J connectivity index is 3.14. The average molecular weight is 224 g/mol. The van der Waals surface area contributed by atoms with Crippen molar-refractivity contribution in [1.82, 2.24) is 4.98 Å². The molecule has 6 heteroatoms. The first-order chi connectivity index (χ1) is 7.47. The highest BCUT2D eigenvalue weighted by atomic mass is 16.6. The van der Waals surface area contributed by atoms with Gasteiger partial charge in [0.05, 0.1) is 16.5 Å². The van der Waals surface area contributed by atoms with Crippen LogP contribution in [0.2, 0.25) is 0 Å². The summed E-state index contributed by atoms with van der Waals surface area (Å²) in [6, 6.07) is 2.69. The van der Waals surface area contributed by atoms with E-state index in [-0.39, 0.29) is 11.4 Å². The smallest absolute Gasteiger partial charge is 0.312 e. The van der Waals surface area contributed by atoms with Crippen molar-refractivity contribution in [3.05, 3.63) is 33.6 Å². The first kappa shape index (κ1) is 12.1. The summed E-state index contributed by atoms with van der Waals surface area (Å²) in [4.78, 5) is 24.9. The molecule has 0 aliphatic carbocycles. The van der Waals surface area contributed by atoms with Crippen LogP contribution >= 0.6 is 0 Å². The first-order valence-electron chi connectivity index (χ1n) is 4.82. The fraction of sp³-hybridized carbons (Fsp3) is 0.400. The lowest BCUT2D eigenvalue weighted by Crippen LogP contribution is -2.12. The summed E-state index contributed by atoms with van der Waals surface area (Å²) in [5.74, 6) is -1.68. The van der Waals surface area contributed by atoms with E-state index < -0.39 is 16.8 Å². The largest absolute Gasteiger partial charge is 0.481 e. The Morgan fingerprint density at radius 2 is 2.25 bits per heavy atom. The van der Waals surface area contributed by atoms with E-state index in [0.717, 1.165) is 0 Å².